The normalized spacial score (nSPS) is 17.8. The van der Waals surface area contributed by atoms with Gasteiger partial charge >= 0.3 is 0 Å². The molecule has 10 heavy (non-hydrogen) atoms. The highest BCUT2D eigenvalue weighted by atomic mass is 16.4. The van der Waals surface area contributed by atoms with Gasteiger partial charge in [-0.15, -0.1) is 0 Å². The van der Waals surface area contributed by atoms with Gasteiger partial charge in [-0.3, -0.25) is 0 Å². The third-order valence-electron chi connectivity index (χ3n) is 1.89. The lowest BCUT2D eigenvalue weighted by Crippen LogP contribution is -1.77. The molecule has 0 saturated heterocycles. The lowest BCUT2D eigenvalue weighted by molar-refractivity contribution is 0.475. The maximum Gasteiger partial charge on any atom is 0.191 e. The van der Waals surface area contributed by atoms with Crippen LogP contribution in [0.4, 0.5) is 0 Å². The van der Waals surface area contributed by atoms with Gasteiger partial charge in [0.2, 0.25) is 0 Å². The fourth-order valence-corrected chi connectivity index (χ4v) is 1.27. The molecule has 0 aromatic carbocycles. The topological polar surface area (TPSA) is 26.0 Å². The van der Waals surface area contributed by atoms with Crippen LogP contribution in [0.25, 0.3) is 0 Å². The van der Waals surface area contributed by atoms with Crippen LogP contribution in [0, 0.1) is 13.8 Å². The predicted molar refractivity (Wildman–Crippen MR) is 38.0 cm³/mol. The highest BCUT2D eigenvalue weighted by molar-refractivity contribution is 5.17. The van der Waals surface area contributed by atoms with Gasteiger partial charge in [-0.1, -0.05) is 0 Å². The van der Waals surface area contributed by atoms with Crippen LogP contribution in [-0.2, 0) is 0 Å². The van der Waals surface area contributed by atoms with Crippen molar-refractivity contribution >= 4 is 0 Å². The number of hydrogen-bond acceptors (Lipinski definition) is 2. The fourth-order valence-electron chi connectivity index (χ4n) is 1.27. The molecule has 1 aliphatic carbocycles. The summed E-state index contributed by atoms with van der Waals surface area (Å²) in [5.41, 5.74) is 1.08. The average Bonchev–Trinajstić information content (AvgIpc) is 2.61. The second-order valence-electron chi connectivity index (χ2n) is 2.96. The van der Waals surface area contributed by atoms with E-state index in [9.17, 15) is 0 Å². The first-order valence-corrected chi connectivity index (χ1v) is 3.71. The van der Waals surface area contributed by atoms with Gasteiger partial charge < -0.3 is 4.42 Å². The van der Waals surface area contributed by atoms with E-state index in [2.05, 4.69) is 4.98 Å². The molecule has 0 bridgehead atoms. The summed E-state index contributed by atoms with van der Waals surface area (Å²) < 4.78 is 5.43. The van der Waals surface area contributed by atoms with E-state index in [1.54, 1.807) is 0 Å². The number of aryl methyl sites for hydroxylation is 2. The van der Waals surface area contributed by atoms with Crippen molar-refractivity contribution in [1.82, 2.24) is 4.98 Å². The standard InChI is InChI=1S/C8H11NO/c1-5-8(7-3-4-7)10-6(2)9-5/h7H,3-4H2,1-2H3. The Balaban J connectivity index is 2.38. The Labute approximate surface area is 60.3 Å². The Morgan fingerprint density at radius 3 is 2.50 bits per heavy atom. The number of hydrogen-bond donors (Lipinski definition) is 0. The Morgan fingerprint density at radius 2 is 2.10 bits per heavy atom. The van der Waals surface area contributed by atoms with Gasteiger partial charge in [0.05, 0.1) is 5.69 Å². The Morgan fingerprint density at radius 1 is 1.40 bits per heavy atom. The summed E-state index contributed by atoms with van der Waals surface area (Å²) in [5.74, 6) is 2.62. The van der Waals surface area contributed by atoms with E-state index in [1.807, 2.05) is 13.8 Å². The average molecular weight is 137 g/mol. The van der Waals surface area contributed by atoms with Gasteiger partial charge in [0, 0.05) is 12.8 Å². The Bertz CT molecular complexity index is 248. The summed E-state index contributed by atoms with van der Waals surface area (Å²) in [6, 6.07) is 0. The molecule has 0 unspecified atom stereocenters. The van der Waals surface area contributed by atoms with E-state index in [1.165, 1.54) is 12.8 Å². The van der Waals surface area contributed by atoms with Gasteiger partial charge in [-0.25, -0.2) is 4.98 Å². The summed E-state index contributed by atoms with van der Waals surface area (Å²) in [7, 11) is 0. The van der Waals surface area contributed by atoms with Crippen molar-refractivity contribution in [3.8, 4) is 0 Å². The SMILES string of the molecule is Cc1nc(C)c(C2CC2)o1. The molecule has 0 spiro atoms. The fraction of sp³-hybridized carbons (Fsp3) is 0.625. The van der Waals surface area contributed by atoms with Crippen molar-refractivity contribution in [1.29, 1.82) is 0 Å². The van der Waals surface area contributed by atoms with Crippen molar-refractivity contribution in [2.75, 3.05) is 0 Å². The zero-order valence-electron chi connectivity index (χ0n) is 6.35. The first-order chi connectivity index (χ1) is 4.77. The Kier molecular flexibility index (Phi) is 1.10. The molecule has 54 valence electrons. The summed E-state index contributed by atoms with van der Waals surface area (Å²) in [5, 5.41) is 0. The largest absolute Gasteiger partial charge is 0.445 e. The zero-order chi connectivity index (χ0) is 7.14. The van der Waals surface area contributed by atoms with Crippen LogP contribution in [0.3, 0.4) is 0 Å². The minimum Gasteiger partial charge on any atom is -0.445 e. The summed E-state index contributed by atoms with van der Waals surface area (Å²) >= 11 is 0. The molecular formula is C8H11NO. The van der Waals surface area contributed by atoms with Gasteiger partial charge in [0.1, 0.15) is 5.76 Å². The third kappa shape index (κ3) is 0.838. The maximum absolute atomic E-state index is 5.43. The second kappa shape index (κ2) is 1.84. The molecule has 0 amide bonds. The van der Waals surface area contributed by atoms with Crippen molar-refractivity contribution < 1.29 is 4.42 Å². The lowest BCUT2D eigenvalue weighted by atomic mass is 10.3. The van der Waals surface area contributed by atoms with E-state index < -0.39 is 0 Å². The molecule has 1 saturated carbocycles. The number of oxazole rings is 1. The van der Waals surface area contributed by atoms with Crippen LogP contribution >= 0.6 is 0 Å². The first-order valence-electron chi connectivity index (χ1n) is 3.71. The zero-order valence-corrected chi connectivity index (χ0v) is 6.35. The molecule has 1 aliphatic rings. The molecule has 1 fully saturated rings. The highest BCUT2D eigenvalue weighted by Crippen LogP contribution is 2.41. The highest BCUT2D eigenvalue weighted by Gasteiger charge is 2.29. The molecule has 0 atom stereocenters. The van der Waals surface area contributed by atoms with Gasteiger partial charge in [0.25, 0.3) is 0 Å². The predicted octanol–water partition coefficient (Wildman–Crippen LogP) is 2.17. The summed E-state index contributed by atoms with van der Waals surface area (Å²) in [4.78, 5) is 4.21. The smallest absolute Gasteiger partial charge is 0.191 e. The molecule has 2 rings (SSSR count). The minimum absolute atomic E-state index is 0.696. The summed E-state index contributed by atoms with van der Waals surface area (Å²) in [6.07, 6.45) is 2.57. The van der Waals surface area contributed by atoms with Crippen molar-refractivity contribution in [3.05, 3.63) is 17.3 Å². The van der Waals surface area contributed by atoms with E-state index in [4.69, 9.17) is 4.42 Å². The minimum atomic E-state index is 0.696. The number of rotatable bonds is 1. The van der Waals surface area contributed by atoms with Crippen LogP contribution in [0.1, 0.15) is 36.1 Å². The molecule has 1 heterocycles. The van der Waals surface area contributed by atoms with E-state index in [0.717, 1.165) is 17.3 Å². The Hall–Kier alpha value is -0.790. The van der Waals surface area contributed by atoms with Crippen LogP contribution in [-0.4, -0.2) is 4.98 Å². The van der Waals surface area contributed by atoms with Crippen LogP contribution in [0.2, 0.25) is 0 Å². The van der Waals surface area contributed by atoms with Gasteiger partial charge in [-0.2, -0.15) is 0 Å². The maximum atomic E-state index is 5.43. The van der Waals surface area contributed by atoms with Crippen LogP contribution in [0.15, 0.2) is 4.42 Å². The van der Waals surface area contributed by atoms with E-state index in [-0.39, 0.29) is 0 Å². The monoisotopic (exact) mass is 137 g/mol. The number of nitrogens with zero attached hydrogens (tertiary/aromatic N) is 1. The van der Waals surface area contributed by atoms with Crippen molar-refractivity contribution in [2.45, 2.75) is 32.6 Å². The lowest BCUT2D eigenvalue weighted by Gasteiger charge is -1.87. The van der Waals surface area contributed by atoms with Crippen molar-refractivity contribution in [3.63, 3.8) is 0 Å². The molecule has 0 aliphatic heterocycles. The quantitative estimate of drug-likeness (QED) is 0.592. The number of aromatic nitrogens is 1. The molecule has 2 nitrogen and oxygen atoms in total. The molecular weight excluding hydrogens is 126 g/mol. The van der Waals surface area contributed by atoms with E-state index in [0.29, 0.717) is 5.92 Å². The molecule has 0 radical (unpaired) electrons. The molecule has 0 N–H and O–H groups in total. The van der Waals surface area contributed by atoms with Crippen molar-refractivity contribution in [2.24, 2.45) is 0 Å². The molecule has 1 aromatic rings. The third-order valence-corrected chi connectivity index (χ3v) is 1.89. The molecule has 2 heteroatoms. The van der Waals surface area contributed by atoms with Gasteiger partial charge in [-0.05, 0) is 19.8 Å². The van der Waals surface area contributed by atoms with Crippen LogP contribution in [0.5, 0.6) is 0 Å². The van der Waals surface area contributed by atoms with E-state index >= 15 is 0 Å². The second-order valence-corrected chi connectivity index (χ2v) is 2.96. The molecule has 1 aromatic heterocycles. The van der Waals surface area contributed by atoms with Crippen LogP contribution < -0.4 is 0 Å². The first kappa shape index (κ1) is 5.96. The summed E-state index contributed by atoms with van der Waals surface area (Å²) in [6.45, 7) is 3.92. The van der Waals surface area contributed by atoms with Gasteiger partial charge in [0.15, 0.2) is 5.89 Å².